The van der Waals surface area contributed by atoms with E-state index in [9.17, 15) is 14.4 Å². The molecule has 224 valence electrons. The number of anilines is 1. The van der Waals surface area contributed by atoms with Crippen LogP contribution in [0.3, 0.4) is 0 Å². The molecule has 1 atom stereocenters. The van der Waals surface area contributed by atoms with Crippen LogP contribution in [0.1, 0.15) is 62.8 Å². The van der Waals surface area contributed by atoms with Crippen molar-refractivity contribution in [1.29, 1.82) is 0 Å². The number of hydrogen-bond donors (Lipinski definition) is 2. The van der Waals surface area contributed by atoms with Crippen molar-refractivity contribution in [3.8, 4) is 11.4 Å². The van der Waals surface area contributed by atoms with Gasteiger partial charge in [0.15, 0.2) is 11.0 Å². The molecule has 0 spiro atoms. The Hall–Kier alpha value is -4.16. The van der Waals surface area contributed by atoms with Gasteiger partial charge < -0.3 is 20.1 Å². The Bertz CT molecular complexity index is 1660. The van der Waals surface area contributed by atoms with E-state index in [1.807, 2.05) is 49.4 Å². The van der Waals surface area contributed by atoms with Crippen molar-refractivity contribution < 1.29 is 23.9 Å². The Balaban J connectivity index is 1.39. The van der Waals surface area contributed by atoms with E-state index in [0.29, 0.717) is 38.5 Å². The summed E-state index contributed by atoms with van der Waals surface area (Å²) in [5.74, 6) is 0.130. The minimum atomic E-state index is -0.598. The molecule has 4 aromatic rings. The number of thiophene rings is 1. The zero-order chi connectivity index (χ0) is 30.5. The molecule has 0 saturated heterocycles. The van der Waals surface area contributed by atoms with Crippen LogP contribution in [0.15, 0.2) is 53.7 Å². The second-order valence-electron chi connectivity index (χ2n) is 9.99. The van der Waals surface area contributed by atoms with Gasteiger partial charge in [0.25, 0.3) is 5.91 Å². The predicted octanol–water partition coefficient (Wildman–Crippen LogP) is 5.36. The van der Waals surface area contributed by atoms with E-state index in [-0.39, 0.29) is 25.0 Å². The lowest BCUT2D eigenvalue weighted by Crippen LogP contribution is -2.25. The number of methoxy groups -OCH3 is 1. The summed E-state index contributed by atoms with van der Waals surface area (Å²) in [6.45, 7) is 5.82. The Morgan fingerprint density at radius 3 is 2.70 bits per heavy atom. The van der Waals surface area contributed by atoms with Gasteiger partial charge in [-0.2, -0.15) is 0 Å². The highest BCUT2D eigenvalue weighted by Gasteiger charge is 2.30. The third kappa shape index (κ3) is 6.60. The number of aromatic nitrogens is 3. The van der Waals surface area contributed by atoms with Crippen molar-refractivity contribution >= 4 is 45.9 Å². The molecule has 10 nitrogen and oxygen atoms in total. The maximum atomic E-state index is 13.4. The summed E-state index contributed by atoms with van der Waals surface area (Å²) >= 11 is 2.66. The van der Waals surface area contributed by atoms with E-state index in [4.69, 9.17) is 9.47 Å². The zero-order valence-electron chi connectivity index (χ0n) is 24.4. The van der Waals surface area contributed by atoms with Crippen LogP contribution in [-0.4, -0.2) is 51.5 Å². The van der Waals surface area contributed by atoms with Gasteiger partial charge in [-0.05, 0) is 69.9 Å². The fraction of sp³-hybridized carbons (Fsp3) is 0.323. The van der Waals surface area contributed by atoms with Gasteiger partial charge in [0, 0.05) is 10.4 Å². The fourth-order valence-corrected chi connectivity index (χ4v) is 7.09. The van der Waals surface area contributed by atoms with Crippen molar-refractivity contribution in [2.24, 2.45) is 0 Å². The van der Waals surface area contributed by atoms with Gasteiger partial charge in [-0.3, -0.25) is 14.2 Å². The van der Waals surface area contributed by atoms with Crippen molar-refractivity contribution in [1.82, 2.24) is 20.1 Å². The number of amides is 2. The molecule has 2 amide bonds. The average molecular weight is 620 g/mol. The van der Waals surface area contributed by atoms with Gasteiger partial charge in [-0.1, -0.05) is 41.6 Å². The van der Waals surface area contributed by atoms with Crippen molar-refractivity contribution in [2.45, 2.75) is 57.0 Å². The lowest BCUT2D eigenvalue weighted by atomic mass is 10.1. The van der Waals surface area contributed by atoms with Crippen LogP contribution in [0, 0.1) is 6.92 Å². The van der Waals surface area contributed by atoms with Gasteiger partial charge in [-0.25, -0.2) is 4.79 Å². The third-order valence-corrected chi connectivity index (χ3v) is 9.25. The summed E-state index contributed by atoms with van der Waals surface area (Å²) < 4.78 is 12.7. The van der Waals surface area contributed by atoms with Gasteiger partial charge in [0.2, 0.25) is 5.91 Å². The number of fused-ring (bicyclic) bond motifs is 1. The van der Waals surface area contributed by atoms with Crippen LogP contribution in [-0.2, 0) is 28.9 Å². The van der Waals surface area contributed by atoms with E-state index < -0.39 is 11.2 Å². The first-order valence-electron chi connectivity index (χ1n) is 14.0. The lowest BCUT2D eigenvalue weighted by Gasteiger charge is -2.16. The molecule has 0 bridgehead atoms. The normalized spacial score (nSPS) is 12.8. The number of para-hydroxylation sites is 2. The number of carbonyl (C=O) groups excluding carboxylic acids is 3. The number of esters is 1. The van der Waals surface area contributed by atoms with Crippen LogP contribution >= 0.6 is 23.1 Å². The number of aryl methyl sites for hydroxylation is 2. The van der Waals surface area contributed by atoms with Crippen LogP contribution in [0.4, 0.5) is 5.00 Å². The first-order chi connectivity index (χ1) is 20.8. The summed E-state index contributed by atoms with van der Waals surface area (Å²) in [5, 5.41) is 15.0. The largest absolute Gasteiger partial charge is 0.495 e. The Kier molecular flexibility index (Phi) is 9.46. The van der Waals surface area contributed by atoms with Gasteiger partial charge >= 0.3 is 5.97 Å². The molecular weight excluding hydrogens is 587 g/mol. The van der Waals surface area contributed by atoms with Gasteiger partial charge in [-0.15, -0.1) is 21.5 Å². The summed E-state index contributed by atoms with van der Waals surface area (Å²) in [5.41, 5.74) is 3.65. The number of nitrogens with one attached hydrogen (secondary N) is 2. The molecule has 1 unspecified atom stereocenters. The molecule has 0 fully saturated rings. The fourth-order valence-electron chi connectivity index (χ4n) is 4.93. The number of nitrogens with zero attached hydrogens (tertiary/aromatic N) is 3. The van der Waals surface area contributed by atoms with E-state index in [0.717, 1.165) is 35.3 Å². The number of thioether (sulfide) groups is 1. The maximum absolute atomic E-state index is 13.4. The smallest absolute Gasteiger partial charge is 0.341 e. The lowest BCUT2D eigenvalue weighted by molar-refractivity contribution is -0.115. The number of rotatable bonds is 11. The first kappa shape index (κ1) is 30.3. The molecule has 2 aromatic heterocycles. The molecule has 1 aliphatic rings. The van der Waals surface area contributed by atoms with Gasteiger partial charge in [0.1, 0.15) is 10.8 Å². The zero-order valence-corrected chi connectivity index (χ0v) is 26.1. The number of hydrogen-bond acceptors (Lipinski definition) is 9. The van der Waals surface area contributed by atoms with Crippen LogP contribution in [0.25, 0.3) is 5.69 Å². The molecule has 5 rings (SSSR count). The summed E-state index contributed by atoms with van der Waals surface area (Å²) in [6, 6.07) is 14.7. The maximum Gasteiger partial charge on any atom is 0.341 e. The summed E-state index contributed by atoms with van der Waals surface area (Å²) in [7, 11) is 1.57. The van der Waals surface area contributed by atoms with Crippen molar-refractivity contribution in [3.05, 3.63) is 81.5 Å². The summed E-state index contributed by atoms with van der Waals surface area (Å²) in [6.07, 6.45) is 2.67. The molecule has 2 heterocycles. The topological polar surface area (TPSA) is 124 Å². The van der Waals surface area contributed by atoms with E-state index >= 15 is 0 Å². The molecule has 2 aromatic carbocycles. The summed E-state index contributed by atoms with van der Waals surface area (Å²) in [4.78, 5) is 40.2. The SMILES string of the molecule is CCOC(=O)c1c(NC(=O)C(C)Sc2nnc(CNC(=O)c3cccc(C)c3)n2-c2ccccc2OC)sc2c1CCC2. The van der Waals surface area contributed by atoms with Crippen molar-refractivity contribution in [2.75, 3.05) is 19.0 Å². The Labute approximate surface area is 258 Å². The quantitative estimate of drug-likeness (QED) is 0.170. The number of carbonyl (C=O) groups is 3. The van der Waals surface area contributed by atoms with E-state index in [2.05, 4.69) is 20.8 Å². The molecule has 2 N–H and O–H groups in total. The van der Waals surface area contributed by atoms with Crippen LogP contribution in [0.2, 0.25) is 0 Å². The average Bonchev–Trinajstić information content (AvgIpc) is 3.70. The van der Waals surface area contributed by atoms with E-state index in [1.165, 1.54) is 23.1 Å². The molecular formula is C31H33N5O5S2. The molecule has 12 heteroatoms. The minimum absolute atomic E-state index is 0.0998. The highest BCUT2D eigenvalue weighted by atomic mass is 32.2. The standard InChI is InChI=1S/C31H33N5O5S2/c1-5-41-30(39)26-21-12-9-15-24(21)43-29(26)33-27(37)19(3)42-31-35-34-25(36(31)22-13-6-7-14-23(22)40-4)17-32-28(38)20-11-8-10-18(2)16-20/h6-8,10-11,13-14,16,19H,5,9,12,15,17H2,1-4H3,(H,32,38)(H,33,37). The second-order valence-corrected chi connectivity index (χ2v) is 12.4. The predicted molar refractivity (Wildman–Crippen MR) is 167 cm³/mol. The molecule has 0 radical (unpaired) electrons. The van der Waals surface area contributed by atoms with Crippen molar-refractivity contribution in [3.63, 3.8) is 0 Å². The van der Waals surface area contributed by atoms with Gasteiger partial charge in [0.05, 0.1) is 36.8 Å². The minimum Gasteiger partial charge on any atom is -0.495 e. The Morgan fingerprint density at radius 1 is 1.12 bits per heavy atom. The molecule has 1 aliphatic carbocycles. The Morgan fingerprint density at radius 2 is 1.93 bits per heavy atom. The third-order valence-electron chi connectivity index (χ3n) is 7.00. The first-order valence-corrected chi connectivity index (χ1v) is 15.7. The molecule has 43 heavy (non-hydrogen) atoms. The number of benzene rings is 2. The molecule has 0 aliphatic heterocycles. The van der Waals surface area contributed by atoms with Crippen LogP contribution in [0.5, 0.6) is 5.75 Å². The highest BCUT2D eigenvalue weighted by molar-refractivity contribution is 8.00. The van der Waals surface area contributed by atoms with Crippen LogP contribution < -0.4 is 15.4 Å². The highest BCUT2D eigenvalue weighted by Crippen LogP contribution is 2.40. The van der Waals surface area contributed by atoms with E-state index in [1.54, 1.807) is 31.6 Å². The second kappa shape index (κ2) is 13.4. The number of ether oxygens (including phenoxy) is 2. The monoisotopic (exact) mass is 619 g/mol. The molecule has 0 saturated carbocycles.